The number of benzene rings is 2. The third-order valence-corrected chi connectivity index (χ3v) is 9.19. The molecule has 0 bridgehead atoms. The SMILES string of the molecule is COc1ccc(-c2c(C3CCCCC3)c3ccc(C(=O)NS(=O)(=O)N(C)C)cc3n2CC(C)(C)CO)c(C)c1. The van der Waals surface area contributed by atoms with Gasteiger partial charge in [0.2, 0.25) is 0 Å². The van der Waals surface area contributed by atoms with E-state index in [2.05, 4.69) is 22.3 Å². The molecule has 0 aliphatic heterocycles. The van der Waals surface area contributed by atoms with Gasteiger partial charge in [0.15, 0.2) is 0 Å². The maximum Gasteiger partial charge on any atom is 0.303 e. The van der Waals surface area contributed by atoms with Crippen LogP contribution in [0.5, 0.6) is 5.75 Å². The normalized spacial score (nSPS) is 15.2. The number of aromatic nitrogens is 1. The summed E-state index contributed by atoms with van der Waals surface area (Å²) in [5.41, 5.74) is 5.21. The average Bonchev–Trinajstić information content (AvgIpc) is 3.21. The van der Waals surface area contributed by atoms with E-state index in [0.717, 1.165) is 50.6 Å². The molecule has 212 valence electrons. The molecule has 4 rings (SSSR count). The van der Waals surface area contributed by atoms with E-state index in [-0.39, 0.29) is 12.2 Å². The minimum atomic E-state index is -3.93. The lowest BCUT2D eigenvalue weighted by Gasteiger charge is -2.27. The van der Waals surface area contributed by atoms with E-state index in [1.807, 2.05) is 32.0 Å². The first-order valence-electron chi connectivity index (χ1n) is 13.5. The molecule has 0 unspecified atom stereocenters. The first-order valence-corrected chi connectivity index (χ1v) is 15.0. The Morgan fingerprint density at radius 2 is 1.82 bits per heavy atom. The second-order valence-corrected chi connectivity index (χ2v) is 13.5. The smallest absolute Gasteiger partial charge is 0.303 e. The van der Waals surface area contributed by atoms with E-state index in [0.29, 0.717) is 12.5 Å². The van der Waals surface area contributed by atoms with Crippen LogP contribution in [0.1, 0.15) is 73.4 Å². The van der Waals surface area contributed by atoms with Crippen molar-refractivity contribution in [3.63, 3.8) is 0 Å². The van der Waals surface area contributed by atoms with Crippen LogP contribution in [0.25, 0.3) is 22.2 Å². The lowest BCUT2D eigenvalue weighted by molar-refractivity contribution is 0.0979. The van der Waals surface area contributed by atoms with Crippen molar-refractivity contribution >= 4 is 27.0 Å². The van der Waals surface area contributed by atoms with Crippen molar-refractivity contribution in [2.24, 2.45) is 5.41 Å². The largest absolute Gasteiger partial charge is 0.497 e. The number of rotatable bonds is 9. The maximum atomic E-state index is 13.1. The summed E-state index contributed by atoms with van der Waals surface area (Å²) in [5, 5.41) is 11.3. The van der Waals surface area contributed by atoms with Crippen LogP contribution >= 0.6 is 0 Å². The first kappa shape index (κ1) is 29.1. The highest BCUT2D eigenvalue weighted by Crippen LogP contribution is 2.46. The summed E-state index contributed by atoms with van der Waals surface area (Å²) in [6.07, 6.45) is 5.75. The highest BCUT2D eigenvalue weighted by molar-refractivity contribution is 7.87. The molecule has 39 heavy (non-hydrogen) atoms. The monoisotopic (exact) mass is 555 g/mol. The molecule has 0 radical (unpaired) electrons. The average molecular weight is 556 g/mol. The topological polar surface area (TPSA) is 101 Å². The molecule has 8 nitrogen and oxygen atoms in total. The summed E-state index contributed by atoms with van der Waals surface area (Å²) < 4.78 is 35.6. The summed E-state index contributed by atoms with van der Waals surface area (Å²) in [4.78, 5) is 13.1. The van der Waals surface area contributed by atoms with Gasteiger partial charge in [-0.05, 0) is 67.1 Å². The Hall–Kier alpha value is -2.88. The molecule has 0 spiro atoms. The summed E-state index contributed by atoms with van der Waals surface area (Å²) in [7, 11) is 0.475. The zero-order chi connectivity index (χ0) is 28.5. The fourth-order valence-corrected chi connectivity index (χ4v) is 6.09. The molecule has 9 heteroatoms. The van der Waals surface area contributed by atoms with Crippen LogP contribution in [0, 0.1) is 12.3 Å². The molecule has 3 aromatic rings. The molecule has 1 heterocycles. The van der Waals surface area contributed by atoms with Crippen molar-refractivity contribution in [3.8, 4) is 17.0 Å². The molecule has 1 amide bonds. The van der Waals surface area contributed by atoms with E-state index in [1.54, 1.807) is 19.2 Å². The van der Waals surface area contributed by atoms with Crippen LogP contribution in [-0.4, -0.2) is 56.1 Å². The zero-order valence-electron chi connectivity index (χ0n) is 23.9. The molecule has 1 saturated carbocycles. The predicted molar refractivity (Wildman–Crippen MR) is 155 cm³/mol. The number of hydrogen-bond donors (Lipinski definition) is 2. The number of amides is 1. The quantitative estimate of drug-likeness (QED) is 0.377. The number of aliphatic hydroxyl groups is 1. The van der Waals surface area contributed by atoms with Gasteiger partial charge in [0.05, 0.1) is 12.8 Å². The molecule has 0 atom stereocenters. The van der Waals surface area contributed by atoms with Crippen molar-refractivity contribution in [2.45, 2.75) is 65.3 Å². The van der Waals surface area contributed by atoms with Crippen LogP contribution in [0.15, 0.2) is 36.4 Å². The predicted octanol–water partition coefficient (Wildman–Crippen LogP) is 5.23. The van der Waals surface area contributed by atoms with Crippen LogP contribution in [0.2, 0.25) is 0 Å². The Bertz CT molecular complexity index is 1470. The molecule has 1 fully saturated rings. The van der Waals surface area contributed by atoms with E-state index in [4.69, 9.17) is 4.74 Å². The third kappa shape index (κ3) is 6.00. The van der Waals surface area contributed by atoms with E-state index >= 15 is 0 Å². The molecular formula is C30H41N3O5S. The first-order chi connectivity index (χ1) is 18.4. The number of nitrogens with zero attached hydrogens (tertiary/aromatic N) is 2. The summed E-state index contributed by atoms with van der Waals surface area (Å²) in [6.45, 7) is 6.63. The Kier molecular flexibility index (Phi) is 8.44. The molecular weight excluding hydrogens is 514 g/mol. The highest BCUT2D eigenvalue weighted by Gasteiger charge is 2.30. The molecule has 2 N–H and O–H groups in total. The van der Waals surface area contributed by atoms with Gasteiger partial charge >= 0.3 is 10.2 Å². The fourth-order valence-electron chi connectivity index (χ4n) is 5.55. The van der Waals surface area contributed by atoms with Gasteiger partial charge in [-0.3, -0.25) is 4.79 Å². The second kappa shape index (κ2) is 11.3. The maximum absolute atomic E-state index is 13.1. The van der Waals surface area contributed by atoms with Crippen molar-refractivity contribution in [1.82, 2.24) is 13.6 Å². The number of carbonyl (C=O) groups excluding carboxylic acids is 1. The fraction of sp³-hybridized carbons (Fsp3) is 0.500. The van der Waals surface area contributed by atoms with E-state index < -0.39 is 21.5 Å². The number of methoxy groups -OCH3 is 1. The Morgan fingerprint density at radius 3 is 2.41 bits per heavy atom. The van der Waals surface area contributed by atoms with Crippen molar-refractivity contribution in [1.29, 1.82) is 0 Å². The molecule has 1 aliphatic rings. The van der Waals surface area contributed by atoms with Gasteiger partial charge in [-0.2, -0.15) is 12.7 Å². The minimum absolute atomic E-state index is 0.00623. The van der Waals surface area contributed by atoms with Gasteiger partial charge in [0.1, 0.15) is 5.75 Å². The van der Waals surface area contributed by atoms with E-state index in [9.17, 15) is 18.3 Å². The number of aliphatic hydroxyl groups excluding tert-OH is 1. The van der Waals surface area contributed by atoms with Gasteiger partial charge in [0, 0.05) is 54.7 Å². The zero-order valence-corrected chi connectivity index (χ0v) is 24.7. The van der Waals surface area contributed by atoms with Crippen molar-refractivity contribution < 1.29 is 23.1 Å². The summed E-state index contributed by atoms with van der Waals surface area (Å²) >= 11 is 0. The lowest BCUT2D eigenvalue weighted by atomic mass is 9.81. The summed E-state index contributed by atoms with van der Waals surface area (Å²) in [6, 6.07) is 11.6. The lowest BCUT2D eigenvalue weighted by Crippen LogP contribution is -2.39. The number of hydrogen-bond acceptors (Lipinski definition) is 5. The van der Waals surface area contributed by atoms with Gasteiger partial charge < -0.3 is 14.4 Å². The number of carbonyl (C=O) groups is 1. The highest BCUT2D eigenvalue weighted by atomic mass is 32.2. The second-order valence-electron chi connectivity index (χ2n) is 11.6. The number of nitrogens with one attached hydrogen (secondary N) is 1. The number of aryl methyl sites for hydroxylation is 1. The van der Waals surface area contributed by atoms with Gasteiger partial charge in [0.25, 0.3) is 5.91 Å². The van der Waals surface area contributed by atoms with Crippen LogP contribution in [0.4, 0.5) is 0 Å². The third-order valence-electron chi connectivity index (χ3n) is 7.78. The van der Waals surface area contributed by atoms with Gasteiger partial charge in [-0.15, -0.1) is 0 Å². The molecule has 2 aromatic carbocycles. The van der Waals surface area contributed by atoms with E-state index in [1.165, 1.54) is 38.9 Å². The molecule has 1 aromatic heterocycles. The van der Waals surface area contributed by atoms with Crippen molar-refractivity contribution in [3.05, 3.63) is 53.1 Å². The van der Waals surface area contributed by atoms with Crippen LogP contribution in [-0.2, 0) is 16.8 Å². The van der Waals surface area contributed by atoms with Crippen LogP contribution in [0.3, 0.4) is 0 Å². The Balaban J connectivity index is 2.01. The van der Waals surface area contributed by atoms with Gasteiger partial charge in [-0.25, -0.2) is 4.72 Å². The standard InChI is InChI=1S/C30H41N3O5S/c1-20-16-23(38-6)13-15-24(20)28-27(21-10-8-7-9-11-21)25-14-12-22(29(35)31-39(36,37)32(4)5)17-26(25)33(28)18-30(2,3)19-34/h12-17,21,34H,7-11,18-19H2,1-6H3,(H,31,35). The van der Waals surface area contributed by atoms with Crippen molar-refractivity contribution in [2.75, 3.05) is 27.8 Å². The minimum Gasteiger partial charge on any atom is -0.497 e. The molecule has 1 aliphatic carbocycles. The number of ether oxygens (including phenoxy) is 1. The summed E-state index contributed by atoms with van der Waals surface area (Å²) in [5.74, 6) is 0.473. The molecule has 0 saturated heterocycles. The number of fused-ring (bicyclic) bond motifs is 1. The Labute approximate surface area is 232 Å². The van der Waals surface area contributed by atoms with Gasteiger partial charge in [-0.1, -0.05) is 39.2 Å². The van der Waals surface area contributed by atoms with Crippen LogP contribution < -0.4 is 9.46 Å². The Morgan fingerprint density at radius 1 is 1.13 bits per heavy atom.